The van der Waals surface area contributed by atoms with Crippen molar-refractivity contribution >= 4 is 89.9 Å². The van der Waals surface area contributed by atoms with Crippen molar-refractivity contribution in [2.24, 2.45) is 0 Å². The smallest absolute Gasteiger partial charge is 0.252 e. The zero-order valence-corrected chi connectivity index (χ0v) is 27.1. The maximum absolute atomic E-state index is 6.25. The third-order valence-electron chi connectivity index (χ3n) is 10.6. The molecule has 1 aromatic heterocycles. The summed E-state index contributed by atoms with van der Waals surface area (Å²) in [4.78, 5) is 4.91. The molecule has 8 aromatic carbocycles. The first kappa shape index (κ1) is 27.4. The maximum atomic E-state index is 6.25. The standard InChI is InChI=1S/C46H29BN2O/c1-3-13-33(14-4-1)48-39-20-9-8-19-38(39)47-45-35(31-26-25-30-29-44-37(28-32(30)27-31)36-17-7-10-24-43(36)50-44)18-11-21-40(45)49(34-15-5-2-6-16-34)42-23-12-22-41(48)46(42)47/h1-29H. The second-order valence-corrected chi connectivity index (χ2v) is 13.3. The van der Waals surface area contributed by atoms with E-state index in [1.807, 2.05) is 12.1 Å². The van der Waals surface area contributed by atoms with E-state index < -0.39 is 0 Å². The van der Waals surface area contributed by atoms with Gasteiger partial charge in [-0.2, -0.15) is 0 Å². The number of hydrogen-bond donors (Lipinski definition) is 0. The van der Waals surface area contributed by atoms with E-state index in [0.29, 0.717) is 0 Å². The van der Waals surface area contributed by atoms with Crippen LogP contribution in [0.3, 0.4) is 0 Å². The minimum absolute atomic E-state index is 0.0412. The summed E-state index contributed by atoms with van der Waals surface area (Å²) in [7, 11) is 0. The molecular formula is C46H29BN2O. The van der Waals surface area contributed by atoms with Crippen molar-refractivity contribution in [2.75, 3.05) is 9.80 Å². The molecule has 2 aliphatic heterocycles. The zero-order chi connectivity index (χ0) is 32.8. The van der Waals surface area contributed by atoms with Crippen molar-refractivity contribution in [3.05, 3.63) is 176 Å². The number of anilines is 6. The highest BCUT2D eigenvalue weighted by atomic mass is 16.3. The molecule has 0 radical (unpaired) electrons. The Hall–Kier alpha value is -6.52. The summed E-state index contributed by atoms with van der Waals surface area (Å²) in [6.07, 6.45) is 0. The predicted molar refractivity (Wildman–Crippen MR) is 211 cm³/mol. The van der Waals surface area contributed by atoms with Crippen molar-refractivity contribution < 1.29 is 4.42 Å². The van der Waals surface area contributed by atoms with Crippen molar-refractivity contribution in [3.63, 3.8) is 0 Å². The molecule has 0 bridgehead atoms. The van der Waals surface area contributed by atoms with Crippen LogP contribution in [0.2, 0.25) is 0 Å². The van der Waals surface area contributed by atoms with E-state index >= 15 is 0 Å². The second kappa shape index (κ2) is 10.5. The van der Waals surface area contributed by atoms with Crippen LogP contribution in [-0.2, 0) is 0 Å². The number of nitrogens with zero attached hydrogens (tertiary/aromatic N) is 2. The van der Waals surface area contributed by atoms with Crippen LogP contribution in [0.1, 0.15) is 0 Å². The molecule has 0 N–H and O–H groups in total. The van der Waals surface area contributed by atoms with Crippen molar-refractivity contribution in [1.82, 2.24) is 0 Å². The molecule has 4 heteroatoms. The fourth-order valence-corrected chi connectivity index (χ4v) is 8.53. The number of furan rings is 1. The molecule has 50 heavy (non-hydrogen) atoms. The predicted octanol–water partition coefficient (Wildman–Crippen LogP) is 10.5. The van der Waals surface area contributed by atoms with E-state index in [4.69, 9.17) is 4.42 Å². The number of fused-ring (bicyclic) bond motifs is 8. The largest absolute Gasteiger partial charge is 0.456 e. The molecule has 3 heterocycles. The quantitative estimate of drug-likeness (QED) is 0.180. The van der Waals surface area contributed by atoms with Crippen molar-refractivity contribution in [2.45, 2.75) is 0 Å². The van der Waals surface area contributed by atoms with Crippen LogP contribution >= 0.6 is 0 Å². The number of benzene rings is 8. The van der Waals surface area contributed by atoms with Crippen LogP contribution < -0.4 is 26.2 Å². The molecule has 9 aromatic rings. The van der Waals surface area contributed by atoms with E-state index in [1.54, 1.807) is 0 Å². The van der Waals surface area contributed by atoms with Crippen LogP contribution in [0, 0.1) is 0 Å². The lowest BCUT2D eigenvalue weighted by Crippen LogP contribution is -2.61. The van der Waals surface area contributed by atoms with E-state index in [0.717, 1.165) is 33.3 Å². The Morgan fingerprint density at radius 3 is 1.80 bits per heavy atom. The van der Waals surface area contributed by atoms with Crippen LogP contribution in [-0.4, -0.2) is 6.71 Å². The van der Waals surface area contributed by atoms with Gasteiger partial charge in [0.15, 0.2) is 0 Å². The Morgan fingerprint density at radius 1 is 0.400 bits per heavy atom. The SMILES string of the molecule is c1ccc(N2c3ccccc3B3c4c(-c5ccc6cc7oc8ccccc8c7cc6c5)cccc4N(c4ccccc4)c4cccc2c43)cc1. The molecule has 232 valence electrons. The van der Waals surface area contributed by atoms with Gasteiger partial charge in [0.25, 0.3) is 6.71 Å². The van der Waals surface area contributed by atoms with E-state index in [1.165, 1.54) is 61.0 Å². The van der Waals surface area contributed by atoms with Crippen LogP contribution in [0.15, 0.2) is 180 Å². The third kappa shape index (κ3) is 3.87. The first-order chi connectivity index (χ1) is 24.8. The highest BCUT2D eigenvalue weighted by Gasteiger charge is 2.44. The molecule has 0 spiro atoms. The van der Waals surface area contributed by atoms with Gasteiger partial charge in [0.05, 0.1) is 0 Å². The number of rotatable bonds is 3. The van der Waals surface area contributed by atoms with Gasteiger partial charge in [-0.1, -0.05) is 103 Å². The summed E-state index contributed by atoms with van der Waals surface area (Å²) in [6.45, 7) is 0.0412. The van der Waals surface area contributed by atoms with Gasteiger partial charge >= 0.3 is 0 Å². The van der Waals surface area contributed by atoms with Gasteiger partial charge in [-0.3, -0.25) is 0 Å². The summed E-state index contributed by atoms with van der Waals surface area (Å²) < 4.78 is 6.25. The van der Waals surface area contributed by atoms with E-state index in [-0.39, 0.29) is 6.71 Å². The number of para-hydroxylation sites is 4. The van der Waals surface area contributed by atoms with Gasteiger partial charge < -0.3 is 14.2 Å². The molecule has 0 fully saturated rings. The first-order valence-electron chi connectivity index (χ1n) is 17.2. The third-order valence-corrected chi connectivity index (χ3v) is 10.6. The minimum Gasteiger partial charge on any atom is -0.456 e. The number of hydrogen-bond acceptors (Lipinski definition) is 3. The summed E-state index contributed by atoms with van der Waals surface area (Å²) in [5.74, 6) is 0. The topological polar surface area (TPSA) is 19.6 Å². The Balaban J connectivity index is 1.20. The Bertz CT molecular complexity index is 2780. The van der Waals surface area contributed by atoms with Crippen LogP contribution in [0.5, 0.6) is 0 Å². The Labute approximate surface area is 290 Å². The maximum Gasteiger partial charge on any atom is 0.252 e. The lowest BCUT2D eigenvalue weighted by molar-refractivity contribution is 0.669. The summed E-state index contributed by atoms with van der Waals surface area (Å²) in [6, 6.07) is 63.9. The molecule has 0 atom stereocenters. The lowest BCUT2D eigenvalue weighted by Gasteiger charge is -2.44. The summed E-state index contributed by atoms with van der Waals surface area (Å²) in [5, 5.41) is 4.67. The molecule has 0 saturated heterocycles. The van der Waals surface area contributed by atoms with Crippen molar-refractivity contribution in [3.8, 4) is 11.1 Å². The molecule has 3 nitrogen and oxygen atoms in total. The normalized spacial score (nSPS) is 13.1. The highest BCUT2D eigenvalue weighted by molar-refractivity contribution is 7.01. The Kier molecular flexibility index (Phi) is 5.76. The average molecular weight is 637 g/mol. The van der Waals surface area contributed by atoms with E-state index in [9.17, 15) is 0 Å². The fourth-order valence-electron chi connectivity index (χ4n) is 8.53. The fraction of sp³-hybridized carbons (Fsp3) is 0. The van der Waals surface area contributed by atoms with Gasteiger partial charge in [-0.15, -0.1) is 0 Å². The van der Waals surface area contributed by atoms with Gasteiger partial charge in [0.2, 0.25) is 0 Å². The molecule has 0 unspecified atom stereocenters. The zero-order valence-electron chi connectivity index (χ0n) is 27.1. The van der Waals surface area contributed by atoms with Gasteiger partial charge in [0, 0.05) is 44.9 Å². The minimum atomic E-state index is 0.0412. The van der Waals surface area contributed by atoms with E-state index in [2.05, 4.69) is 174 Å². The second-order valence-electron chi connectivity index (χ2n) is 13.3. The van der Waals surface area contributed by atoms with Gasteiger partial charge in [0.1, 0.15) is 11.2 Å². The van der Waals surface area contributed by atoms with Gasteiger partial charge in [-0.05, 0) is 111 Å². The summed E-state index contributed by atoms with van der Waals surface area (Å²) in [5.41, 5.74) is 15.4. The molecule has 2 aliphatic rings. The monoisotopic (exact) mass is 636 g/mol. The van der Waals surface area contributed by atoms with Crippen LogP contribution in [0.4, 0.5) is 34.1 Å². The Morgan fingerprint density at radius 2 is 1.02 bits per heavy atom. The summed E-state index contributed by atoms with van der Waals surface area (Å²) >= 11 is 0. The average Bonchev–Trinajstić information content (AvgIpc) is 3.54. The molecule has 0 aliphatic carbocycles. The lowest BCUT2D eigenvalue weighted by atomic mass is 9.32. The van der Waals surface area contributed by atoms with Gasteiger partial charge in [-0.25, -0.2) is 0 Å². The highest BCUT2D eigenvalue weighted by Crippen LogP contribution is 2.45. The molecule has 11 rings (SSSR count). The first-order valence-corrected chi connectivity index (χ1v) is 17.2. The molecule has 0 saturated carbocycles. The molecular weight excluding hydrogens is 607 g/mol. The van der Waals surface area contributed by atoms with Crippen molar-refractivity contribution in [1.29, 1.82) is 0 Å². The molecule has 0 amide bonds. The van der Waals surface area contributed by atoms with Crippen LogP contribution in [0.25, 0.3) is 43.8 Å².